The van der Waals surface area contributed by atoms with E-state index in [0.29, 0.717) is 6.04 Å². The zero-order valence-electron chi connectivity index (χ0n) is 13.1. The Balaban J connectivity index is 2.50. The molecule has 103 valence electrons. The molecule has 19 heavy (non-hydrogen) atoms. The van der Waals surface area contributed by atoms with Crippen LogP contribution in [0, 0.1) is 0 Å². The van der Waals surface area contributed by atoms with Gasteiger partial charge in [0.25, 0.3) is 0 Å². The Morgan fingerprint density at radius 3 is 2.32 bits per heavy atom. The van der Waals surface area contributed by atoms with Crippen molar-refractivity contribution >= 4 is 15.0 Å². The summed E-state index contributed by atoms with van der Waals surface area (Å²) in [6, 6.07) is 9.38. The number of benzene rings is 1. The standard InChI is InChI=1S/C17H26NSi/c1-7-13-12-14-10-8-9-11-15(14)16(13)18(19(5)6)17(2,3)4/h8-12,16H,7H2,1-6H3. The average molecular weight is 272 g/mol. The first kappa shape index (κ1) is 14.5. The Morgan fingerprint density at radius 1 is 1.16 bits per heavy atom. The lowest BCUT2D eigenvalue weighted by atomic mass is 9.98. The summed E-state index contributed by atoms with van der Waals surface area (Å²) >= 11 is 0. The van der Waals surface area contributed by atoms with E-state index in [2.05, 4.69) is 75.7 Å². The lowest BCUT2D eigenvalue weighted by molar-refractivity contribution is 0.207. The van der Waals surface area contributed by atoms with Crippen LogP contribution in [0.15, 0.2) is 29.8 Å². The van der Waals surface area contributed by atoms with Crippen LogP contribution in [-0.4, -0.2) is 19.1 Å². The van der Waals surface area contributed by atoms with Crippen LogP contribution in [0.5, 0.6) is 0 Å². The van der Waals surface area contributed by atoms with Gasteiger partial charge in [0.1, 0.15) is 8.96 Å². The quantitative estimate of drug-likeness (QED) is 0.708. The smallest absolute Gasteiger partial charge is 0.131 e. The van der Waals surface area contributed by atoms with E-state index in [4.69, 9.17) is 0 Å². The van der Waals surface area contributed by atoms with Crippen molar-refractivity contribution in [3.8, 4) is 0 Å². The van der Waals surface area contributed by atoms with E-state index in [9.17, 15) is 0 Å². The van der Waals surface area contributed by atoms with Gasteiger partial charge >= 0.3 is 0 Å². The van der Waals surface area contributed by atoms with Crippen molar-refractivity contribution in [1.29, 1.82) is 0 Å². The van der Waals surface area contributed by atoms with Gasteiger partial charge in [-0.05, 0) is 43.9 Å². The second kappa shape index (κ2) is 5.26. The van der Waals surface area contributed by atoms with Crippen molar-refractivity contribution in [2.24, 2.45) is 0 Å². The molecule has 0 amide bonds. The first-order valence-corrected chi connectivity index (χ1v) is 9.70. The fourth-order valence-corrected chi connectivity index (χ4v) is 5.45. The molecule has 0 saturated carbocycles. The highest BCUT2D eigenvalue weighted by Gasteiger charge is 2.37. The van der Waals surface area contributed by atoms with Crippen molar-refractivity contribution in [2.45, 2.75) is 58.8 Å². The maximum absolute atomic E-state index is 2.75. The summed E-state index contributed by atoms with van der Waals surface area (Å²) in [6.45, 7) is 14.1. The maximum Gasteiger partial charge on any atom is 0.131 e. The molecule has 1 unspecified atom stereocenters. The van der Waals surface area contributed by atoms with E-state index in [-0.39, 0.29) is 5.54 Å². The molecule has 2 heteroatoms. The van der Waals surface area contributed by atoms with E-state index < -0.39 is 8.96 Å². The van der Waals surface area contributed by atoms with Gasteiger partial charge in [0.2, 0.25) is 0 Å². The van der Waals surface area contributed by atoms with Crippen LogP contribution >= 0.6 is 0 Å². The molecule has 1 aliphatic rings. The second-order valence-electron chi connectivity index (χ2n) is 6.59. The van der Waals surface area contributed by atoms with E-state index in [1.165, 1.54) is 11.1 Å². The van der Waals surface area contributed by atoms with Gasteiger partial charge in [-0.15, -0.1) is 0 Å². The lowest BCUT2D eigenvalue weighted by Gasteiger charge is -2.44. The van der Waals surface area contributed by atoms with Crippen molar-refractivity contribution < 1.29 is 0 Å². The Morgan fingerprint density at radius 2 is 1.79 bits per heavy atom. The van der Waals surface area contributed by atoms with Gasteiger partial charge in [0.15, 0.2) is 0 Å². The number of nitrogens with zero attached hydrogens (tertiary/aromatic N) is 1. The lowest BCUT2D eigenvalue weighted by Crippen LogP contribution is -2.50. The SMILES string of the molecule is CCC1=Cc2ccccc2C1N([Si](C)C)C(C)(C)C. The molecule has 2 rings (SSSR count). The number of fused-ring (bicyclic) bond motifs is 1. The molecule has 1 atom stereocenters. The Kier molecular flexibility index (Phi) is 4.02. The molecule has 0 aromatic heterocycles. The van der Waals surface area contributed by atoms with Crippen LogP contribution in [0.1, 0.15) is 51.3 Å². The third kappa shape index (κ3) is 2.70. The number of hydrogen-bond acceptors (Lipinski definition) is 1. The molecule has 1 aromatic carbocycles. The van der Waals surface area contributed by atoms with Gasteiger partial charge in [-0.2, -0.15) is 0 Å². The first-order chi connectivity index (χ1) is 8.86. The minimum atomic E-state index is -0.505. The molecule has 1 radical (unpaired) electrons. The third-order valence-electron chi connectivity index (χ3n) is 3.85. The number of rotatable bonds is 3. The largest absolute Gasteiger partial charge is 0.310 e. The van der Waals surface area contributed by atoms with E-state index >= 15 is 0 Å². The summed E-state index contributed by atoms with van der Waals surface area (Å²) in [4.78, 5) is 0. The van der Waals surface area contributed by atoms with Crippen LogP contribution in [0.4, 0.5) is 0 Å². The van der Waals surface area contributed by atoms with Crippen LogP contribution in [0.3, 0.4) is 0 Å². The topological polar surface area (TPSA) is 3.24 Å². The summed E-state index contributed by atoms with van der Waals surface area (Å²) in [6.07, 6.45) is 3.55. The highest BCUT2D eigenvalue weighted by Crippen LogP contribution is 2.43. The van der Waals surface area contributed by atoms with Gasteiger partial charge in [-0.1, -0.05) is 50.4 Å². The van der Waals surface area contributed by atoms with E-state index in [0.717, 1.165) is 6.42 Å². The molecule has 1 aliphatic carbocycles. The summed E-state index contributed by atoms with van der Waals surface area (Å²) in [5.41, 5.74) is 4.71. The summed E-state index contributed by atoms with van der Waals surface area (Å²) in [7, 11) is -0.505. The molecule has 0 heterocycles. The molecule has 1 nitrogen and oxygen atoms in total. The van der Waals surface area contributed by atoms with Crippen molar-refractivity contribution in [2.75, 3.05) is 0 Å². The van der Waals surface area contributed by atoms with Crippen LogP contribution < -0.4 is 0 Å². The van der Waals surface area contributed by atoms with Crippen LogP contribution in [0.2, 0.25) is 13.1 Å². The molecule has 0 spiro atoms. The molecule has 1 aromatic rings. The highest BCUT2D eigenvalue weighted by atomic mass is 28.3. The molecule has 0 bridgehead atoms. The monoisotopic (exact) mass is 272 g/mol. The molecule has 0 N–H and O–H groups in total. The second-order valence-corrected chi connectivity index (χ2v) is 8.97. The van der Waals surface area contributed by atoms with Crippen molar-refractivity contribution in [1.82, 2.24) is 4.57 Å². The number of hydrogen-bond donors (Lipinski definition) is 0. The zero-order chi connectivity index (χ0) is 14.2. The molecule has 0 saturated heterocycles. The molecular weight excluding hydrogens is 246 g/mol. The van der Waals surface area contributed by atoms with Gasteiger partial charge in [0.05, 0.1) is 6.04 Å². The molecule has 0 fully saturated rings. The maximum atomic E-state index is 2.75. The van der Waals surface area contributed by atoms with Crippen LogP contribution in [-0.2, 0) is 0 Å². The predicted molar refractivity (Wildman–Crippen MR) is 86.5 cm³/mol. The van der Waals surface area contributed by atoms with E-state index in [1.807, 2.05) is 0 Å². The van der Waals surface area contributed by atoms with Crippen molar-refractivity contribution in [3.05, 3.63) is 41.0 Å². The predicted octanol–water partition coefficient (Wildman–Crippen LogP) is 4.89. The molecular formula is C17H26NSi. The summed E-state index contributed by atoms with van der Waals surface area (Å²) in [5, 5.41) is 0. The van der Waals surface area contributed by atoms with Crippen molar-refractivity contribution in [3.63, 3.8) is 0 Å². The fraction of sp³-hybridized carbons (Fsp3) is 0.529. The van der Waals surface area contributed by atoms with Gasteiger partial charge in [0, 0.05) is 5.54 Å². The van der Waals surface area contributed by atoms with Gasteiger partial charge in [-0.25, -0.2) is 0 Å². The van der Waals surface area contributed by atoms with Gasteiger partial charge in [-0.3, -0.25) is 0 Å². The van der Waals surface area contributed by atoms with Gasteiger partial charge < -0.3 is 4.57 Å². The minimum Gasteiger partial charge on any atom is -0.310 e. The Labute approximate surface area is 120 Å². The molecule has 0 aliphatic heterocycles. The Bertz CT molecular complexity index is 482. The Hall–Kier alpha value is -0.863. The van der Waals surface area contributed by atoms with E-state index in [1.54, 1.807) is 5.57 Å². The first-order valence-electron chi connectivity index (χ1n) is 7.25. The normalized spacial score (nSPS) is 18.9. The van der Waals surface area contributed by atoms with Crippen LogP contribution in [0.25, 0.3) is 6.08 Å². The highest BCUT2D eigenvalue weighted by molar-refractivity contribution is 6.53. The summed E-state index contributed by atoms with van der Waals surface area (Å²) in [5.74, 6) is 0. The zero-order valence-corrected chi connectivity index (χ0v) is 14.1. The third-order valence-corrected chi connectivity index (χ3v) is 5.75. The fourth-order valence-electron chi connectivity index (χ4n) is 3.29. The summed E-state index contributed by atoms with van der Waals surface area (Å²) < 4.78 is 2.75. The average Bonchev–Trinajstić information content (AvgIpc) is 2.66. The minimum absolute atomic E-state index is 0.216.